The minimum absolute atomic E-state index is 0.0734. The average Bonchev–Trinajstić information content (AvgIpc) is 2.72. The third-order valence-electron chi connectivity index (χ3n) is 4.61. The van der Waals surface area contributed by atoms with Crippen LogP contribution < -0.4 is 10.0 Å². The Hall–Kier alpha value is -2.49. The molecule has 1 aromatic carbocycles. The number of nitrogens with one attached hydrogen (secondary N) is 2. The second kappa shape index (κ2) is 10.0. The van der Waals surface area contributed by atoms with E-state index in [0.29, 0.717) is 18.0 Å². The van der Waals surface area contributed by atoms with Gasteiger partial charge in [-0.05, 0) is 45.0 Å². The highest BCUT2D eigenvalue weighted by Gasteiger charge is 2.35. The molecule has 8 nitrogen and oxygen atoms in total. The van der Waals surface area contributed by atoms with Crippen LogP contribution in [0.2, 0.25) is 0 Å². The van der Waals surface area contributed by atoms with Gasteiger partial charge in [-0.3, -0.25) is 14.7 Å². The van der Waals surface area contributed by atoms with Gasteiger partial charge in [-0.25, -0.2) is 18.1 Å². The summed E-state index contributed by atoms with van der Waals surface area (Å²) in [6.07, 6.45) is 2.50. The van der Waals surface area contributed by atoms with Crippen LogP contribution in [0, 0.1) is 0 Å². The predicted octanol–water partition coefficient (Wildman–Crippen LogP) is 2.74. The summed E-state index contributed by atoms with van der Waals surface area (Å²) in [5, 5.41) is 3.09. The summed E-state index contributed by atoms with van der Waals surface area (Å²) in [7, 11) is -2.15. The van der Waals surface area contributed by atoms with E-state index in [2.05, 4.69) is 26.6 Å². The van der Waals surface area contributed by atoms with Crippen LogP contribution in [0.15, 0.2) is 62.7 Å². The van der Waals surface area contributed by atoms with Gasteiger partial charge in [0, 0.05) is 6.04 Å². The molecule has 1 aliphatic rings. The van der Waals surface area contributed by atoms with E-state index in [1.165, 1.54) is 19.2 Å². The van der Waals surface area contributed by atoms with E-state index >= 15 is 0 Å². The lowest BCUT2D eigenvalue weighted by atomic mass is 10.1. The summed E-state index contributed by atoms with van der Waals surface area (Å²) in [5.41, 5.74) is 1.36. The van der Waals surface area contributed by atoms with Crippen LogP contribution in [0.4, 0.5) is 0 Å². The number of allylic oxidation sites excluding steroid dienone is 1. The summed E-state index contributed by atoms with van der Waals surface area (Å²) >= 11 is 5.87. The molecule has 0 unspecified atom stereocenters. The van der Waals surface area contributed by atoms with Gasteiger partial charge < -0.3 is 5.32 Å². The normalized spacial score (nSPS) is 20.0. The molecule has 10 heteroatoms. The molecule has 1 fully saturated rings. The lowest BCUT2D eigenvalue weighted by molar-refractivity contribution is -0.122. The first-order chi connectivity index (χ1) is 14.1. The Morgan fingerprint density at radius 1 is 1.37 bits per heavy atom. The van der Waals surface area contributed by atoms with Crippen molar-refractivity contribution in [1.29, 1.82) is 0 Å². The second-order valence-electron chi connectivity index (χ2n) is 6.59. The van der Waals surface area contributed by atoms with Gasteiger partial charge >= 0.3 is 0 Å². The number of amides is 1. The van der Waals surface area contributed by atoms with Crippen molar-refractivity contribution < 1.29 is 13.2 Å². The molecule has 0 aromatic heterocycles. The van der Waals surface area contributed by atoms with Crippen LogP contribution in [0.3, 0.4) is 0 Å². The number of nitrogens with zero attached hydrogens (tertiary/aromatic N) is 3. The smallest absolute Gasteiger partial charge is 0.295 e. The Bertz CT molecular complexity index is 1010. The highest BCUT2D eigenvalue weighted by atomic mass is 35.5. The first kappa shape index (κ1) is 23.8. The third-order valence-corrected chi connectivity index (χ3v) is 6.13. The van der Waals surface area contributed by atoms with E-state index in [4.69, 9.17) is 11.6 Å². The van der Waals surface area contributed by atoms with Crippen molar-refractivity contribution in [1.82, 2.24) is 14.9 Å². The Morgan fingerprint density at radius 3 is 2.50 bits per heavy atom. The van der Waals surface area contributed by atoms with Crippen molar-refractivity contribution in [3.05, 3.63) is 53.3 Å². The molecule has 1 atom stereocenters. The number of hydrogen-bond acceptors (Lipinski definition) is 5. The van der Waals surface area contributed by atoms with E-state index in [1.54, 1.807) is 23.1 Å². The van der Waals surface area contributed by atoms with Gasteiger partial charge in [-0.2, -0.15) is 0 Å². The Morgan fingerprint density at radius 2 is 2.00 bits per heavy atom. The van der Waals surface area contributed by atoms with Crippen LogP contribution in [0.5, 0.6) is 0 Å². The largest absolute Gasteiger partial charge is 0.333 e. The van der Waals surface area contributed by atoms with Gasteiger partial charge in [0.2, 0.25) is 10.0 Å². The van der Waals surface area contributed by atoms with E-state index in [0.717, 1.165) is 5.56 Å². The number of carbonyl (C=O) groups is 1. The van der Waals surface area contributed by atoms with Crippen LogP contribution >= 0.6 is 11.6 Å². The Balaban J connectivity index is 2.34. The van der Waals surface area contributed by atoms with Crippen LogP contribution in [-0.4, -0.2) is 44.0 Å². The molecule has 1 aromatic rings. The molecule has 0 radical (unpaired) electrons. The summed E-state index contributed by atoms with van der Waals surface area (Å²) in [6.45, 7) is 9.51. The lowest BCUT2D eigenvalue weighted by Gasteiger charge is -2.35. The standard InChI is InChI=1S/C20H26ClN5O3S/c1-6-13(3)26-19(24-14(4)21)17(7-2)25-18(20(26)27)23-12-15-8-10-16(11-9-15)30(28,29)22-5/h7-11,13,22H,4,6,12H2,1-3,5H3,(H,23,25)/b17-7+,24-19+/t13-/m1/s1. The molecule has 0 bridgehead atoms. The minimum Gasteiger partial charge on any atom is -0.333 e. The number of piperazine rings is 1. The molecule has 1 amide bonds. The molecule has 2 N–H and O–H groups in total. The molecule has 0 saturated carbocycles. The third kappa shape index (κ3) is 5.35. The number of carbonyl (C=O) groups excluding carboxylic acids is 1. The van der Waals surface area contributed by atoms with E-state index in [-0.39, 0.29) is 34.4 Å². The fourth-order valence-corrected chi connectivity index (χ4v) is 3.58. The predicted molar refractivity (Wildman–Crippen MR) is 120 cm³/mol. The van der Waals surface area contributed by atoms with Crippen LogP contribution in [0.25, 0.3) is 0 Å². The monoisotopic (exact) mass is 451 g/mol. The van der Waals surface area contributed by atoms with Crippen molar-refractivity contribution >= 4 is 39.2 Å². The van der Waals surface area contributed by atoms with Gasteiger partial charge in [-0.15, -0.1) is 0 Å². The van der Waals surface area contributed by atoms with Crippen molar-refractivity contribution in [2.75, 3.05) is 7.05 Å². The van der Waals surface area contributed by atoms with E-state index in [9.17, 15) is 13.2 Å². The molecular formula is C20H26ClN5O3S. The average molecular weight is 452 g/mol. The van der Waals surface area contributed by atoms with Crippen LogP contribution in [0.1, 0.15) is 32.8 Å². The van der Waals surface area contributed by atoms with Crippen molar-refractivity contribution in [2.24, 2.45) is 9.98 Å². The molecule has 162 valence electrons. The van der Waals surface area contributed by atoms with Gasteiger partial charge in [0.05, 0.1) is 17.1 Å². The molecule has 30 heavy (non-hydrogen) atoms. The number of sulfonamides is 1. The highest BCUT2D eigenvalue weighted by Crippen LogP contribution is 2.19. The molecular weight excluding hydrogens is 426 g/mol. The van der Waals surface area contributed by atoms with Gasteiger partial charge in [0.1, 0.15) is 5.16 Å². The number of rotatable bonds is 7. The molecule has 1 aliphatic heterocycles. The summed E-state index contributed by atoms with van der Waals surface area (Å²) in [4.78, 5) is 23.5. The molecule has 1 heterocycles. The second-order valence-corrected chi connectivity index (χ2v) is 8.91. The Kier molecular flexibility index (Phi) is 7.94. The zero-order valence-electron chi connectivity index (χ0n) is 17.4. The zero-order valence-corrected chi connectivity index (χ0v) is 19.0. The van der Waals surface area contributed by atoms with Gasteiger partial charge in [0.15, 0.2) is 11.7 Å². The number of halogens is 1. The van der Waals surface area contributed by atoms with Crippen LogP contribution in [-0.2, 0) is 21.4 Å². The fourth-order valence-electron chi connectivity index (χ4n) is 2.77. The zero-order chi connectivity index (χ0) is 22.5. The summed E-state index contributed by atoms with van der Waals surface area (Å²) < 4.78 is 25.9. The fraction of sp³-hybridized carbons (Fsp3) is 0.350. The maximum absolute atomic E-state index is 13.1. The first-order valence-electron chi connectivity index (χ1n) is 9.41. The maximum atomic E-state index is 13.1. The molecule has 1 saturated heterocycles. The molecule has 0 aliphatic carbocycles. The number of amidine groups is 2. The molecule has 2 rings (SSSR count). The first-order valence-corrected chi connectivity index (χ1v) is 11.3. The van der Waals surface area contributed by atoms with Gasteiger partial charge in [-0.1, -0.05) is 43.3 Å². The minimum atomic E-state index is -3.50. The topological polar surface area (TPSA) is 103 Å². The van der Waals surface area contributed by atoms with E-state index < -0.39 is 10.0 Å². The number of hydrogen-bond donors (Lipinski definition) is 2. The SMILES string of the molecule is C=C(Cl)/N=C1\C(=C/C)NC(=NCc2ccc(S(=O)(=O)NC)cc2)C(=O)N1[C@H](C)CC. The number of benzene rings is 1. The number of aliphatic imine (C=N–C) groups is 2. The van der Waals surface area contributed by atoms with Gasteiger partial charge in [0.25, 0.3) is 5.91 Å². The lowest BCUT2D eigenvalue weighted by Crippen LogP contribution is -2.57. The van der Waals surface area contributed by atoms with Crippen molar-refractivity contribution in [3.63, 3.8) is 0 Å². The maximum Gasteiger partial charge on any atom is 0.295 e. The van der Waals surface area contributed by atoms with Crippen molar-refractivity contribution in [3.8, 4) is 0 Å². The van der Waals surface area contributed by atoms with Crippen molar-refractivity contribution in [2.45, 2.75) is 44.7 Å². The quantitative estimate of drug-likeness (QED) is 0.622. The summed E-state index contributed by atoms with van der Waals surface area (Å²) in [6, 6.07) is 6.19. The Labute approximate surface area is 182 Å². The van der Waals surface area contributed by atoms with E-state index in [1.807, 2.05) is 20.8 Å². The summed E-state index contributed by atoms with van der Waals surface area (Å²) in [5.74, 6) is 0.257. The molecule has 0 spiro atoms. The highest BCUT2D eigenvalue weighted by molar-refractivity contribution is 7.89.